The number of anilines is 1. The van der Waals surface area contributed by atoms with Crippen molar-refractivity contribution in [3.05, 3.63) is 0 Å². The quantitative estimate of drug-likeness (QED) is 0.793. The molecule has 1 saturated heterocycles. The first-order chi connectivity index (χ1) is 8.93. The van der Waals surface area contributed by atoms with Crippen molar-refractivity contribution in [2.75, 3.05) is 24.4 Å². The van der Waals surface area contributed by atoms with Crippen LogP contribution in [0.5, 0.6) is 0 Å². The number of amides is 2. The second-order valence-corrected chi connectivity index (χ2v) is 7.30. The van der Waals surface area contributed by atoms with Gasteiger partial charge in [-0.2, -0.15) is 0 Å². The van der Waals surface area contributed by atoms with Crippen LogP contribution in [0, 0.1) is 0 Å². The molecule has 10 heteroatoms. The van der Waals surface area contributed by atoms with Gasteiger partial charge in [-0.15, -0.1) is 10.2 Å². The minimum absolute atomic E-state index is 0.0812. The van der Waals surface area contributed by atoms with E-state index in [1.807, 2.05) is 6.92 Å². The topological polar surface area (TPSA) is 95.5 Å². The molecule has 106 valence electrons. The molecule has 2 rings (SSSR count). The van der Waals surface area contributed by atoms with Crippen LogP contribution in [0.1, 0.15) is 19.8 Å². The summed E-state index contributed by atoms with van der Waals surface area (Å²) in [5, 5.41) is 9.15. The summed E-state index contributed by atoms with van der Waals surface area (Å²) in [4.78, 5) is 13.4. The molecule has 1 aromatic rings. The second-order valence-electron chi connectivity index (χ2n) is 4.15. The Bertz CT molecular complexity index is 570. The molecular weight excluding hydrogens is 290 g/mol. The number of carbonyl (C=O) groups is 1. The predicted octanol–water partition coefficient (Wildman–Crippen LogP) is 0.446. The molecule has 8 nitrogen and oxygen atoms in total. The van der Waals surface area contributed by atoms with E-state index < -0.39 is 9.84 Å². The van der Waals surface area contributed by atoms with Crippen LogP contribution in [0.2, 0.25) is 0 Å². The normalized spacial score (nSPS) is 16.4. The lowest BCUT2D eigenvalue weighted by atomic mass is 10.3. The number of nitrogens with one attached hydrogen (secondary N) is 1. The Morgan fingerprint density at radius 2 is 2.16 bits per heavy atom. The van der Waals surface area contributed by atoms with Crippen molar-refractivity contribution in [1.82, 2.24) is 20.6 Å². The van der Waals surface area contributed by atoms with E-state index >= 15 is 0 Å². The Kier molecular flexibility index (Phi) is 4.02. The molecule has 0 aliphatic carbocycles. The Balaban J connectivity index is 2.11. The molecule has 1 fully saturated rings. The maximum absolute atomic E-state index is 12.0. The van der Waals surface area contributed by atoms with Crippen molar-refractivity contribution in [2.24, 2.45) is 0 Å². The van der Waals surface area contributed by atoms with Gasteiger partial charge in [0.1, 0.15) is 0 Å². The molecule has 19 heavy (non-hydrogen) atoms. The van der Waals surface area contributed by atoms with Gasteiger partial charge in [-0.1, -0.05) is 24.7 Å². The minimum Gasteiger partial charge on any atom is -0.258 e. The summed E-state index contributed by atoms with van der Waals surface area (Å²) in [5.41, 5.74) is 2.94. The molecule has 0 saturated carbocycles. The summed E-state index contributed by atoms with van der Waals surface area (Å²) >= 11 is 0.895. The molecule has 0 spiro atoms. The highest BCUT2D eigenvalue weighted by atomic mass is 32.2. The van der Waals surface area contributed by atoms with E-state index in [0.717, 1.165) is 30.4 Å². The minimum atomic E-state index is -3.38. The highest BCUT2D eigenvalue weighted by Gasteiger charge is 2.32. The third-order valence-electron chi connectivity index (χ3n) is 2.56. The third-order valence-corrected chi connectivity index (χ3v) is 5.18. The van der Waals surface area contributed by atoms with Crippen molar-refractivity contribution in [3.8, 4) is 0 Å². The molecule has 2 amide bonds. The van der Waals surface area contributed by atoms with Gasteiger partial charge < -0.3 is 0 Å². The Morgan fingerprint density at radius 1 is 1.42 bits per heavy atom. The largest absolute Gasteiger partial charge is 0.341 e. The van der Waals surface area contributed by atoms with E-state index in [-0.39, 0.29) is 22.2 Å². The zero-order valence-electron chi connectivity index (χ0n) is 10.7. The molecule has 1 aliphatic heterocycles. The molecule has 0 atom stereocenters. The molecule has 2 heterocycles. The van der Waals surface area contributed by atoms with Gasteiger partial charge in [0, 0.05) is 12.8 Å². The number of hydrogen-bond acceptors (Lipinski definition) is 7. The van der Waals surface area contributed by atoms with E-state index in [0.29, 0.717) is 6.54 Å². The van der Waals surface area contributed by atoms with Crippen LogP contribution in [-0.2, 0) is 9.84 Å². The number of nitrogens with zero attached hydrogens (tertiary/aromatic N) is 4. The summed E-state index contributed by atoms with van der Waals surface area (Å²) in [6.07, 6.45) is 2.95. The number of hydrogen-bond donors (Lipinski definition) is 1. The summed E-state index contributed by atoms with van der Waals surface area (Å²) in [6.45, 7) is 2.94. The van der Waals surface area contributed by atoms with E-state index in [1.54, 1.807) is 0 Å². The van der Waals surface area contributed by atoms with E-state index in [2.05, 4.69) is 15.6 Å². The number of aromatic nitrogens is 2. The Hall–Kier alpha value is -1.26. The molecule has 0 unspecified atom stereocenters. The Morgan fingerprint density at radius 3 is 2.74 bits per heavy atom. The lowest BCUT2D eigenvalue weighted by Crippen LogP contribution is -2.35. The SMILES string of the molecule is CCCCN1NCN(c2nnc(S(C)(=O)=O)s2)C1=O. The fourth-order valence-electron chi connectivity index (χ4n) is 1.54. The van der Waals surface area contributed by atoms with Gasteiger partial charge in [0.15, 0.2) is 0 Å². The van der Waals surface area contributed by atoms with Gasteiger partial charge in [-0.25, -0.2) is 18.6 Å². The first-order valence-electron chi connectivity index (χ1n) is 5.79. The number of hydrazine groups is 1. The van der Waals surface area contributed by atoms with Gasteiger partial charge in [0.05, 0.1) is 6.67 Å². The van der Waals surface area contributed by atoms with Gasteiger partial charge >= 0.3 is 6.03 Å². The highest BCUT2D eigenvalue weighted by Crippen LogP contribution is 2.25. The lowest BCUT2D eigenvalue weighted by molar-refractivity contribution is 0.202. The van der Waals surface area contributed by atoms with Crippen LogP contribution in [0.15, 0.2) is 4.34 Å². The van der Waals surface area contributed by atoms with Crippen LogP contribution in [-0.4, -0.2) is 49.1 Å². The highest BCUT2D eigenvalue weighted by molar-refractivity contribution is 7.92. The van der Waals surface area contributed by atoms with Crippen molar-refractivity contribution in [2.45, 2.75) is 24.1 Å². The lowest BCUT2D eigenvalue weighted by Gasteiger charge is -2.14. The first-order valence-corrected chi connectivity index (χ1v) is 8.50. The molecule has 0 bridgehead atoms. The fraction of sp³-hybridized carbons (Fsp3) is 0.667. The number of rotatable bonds is 5. The summed E-state index contributed by atoms with van der Waals surface area (Å²) in [6, 6.07) is -0.232. The van der Waals surface area contributed by atoms with Crippen LogP contribution in [0.4, 0.5) is 9.93 Å². The smallest absolute Gasteiger partial charge is 0.258 e. The molecule has 1 N–H and O–H groups in total. The van der Waals surface area contributed by atoms with E-state index in [1.165, 1.54) is 9.91 Å². The second kappa shape index (κ2) is 5.39. The van der Waals surface area contributed by atoms with Crippen LogP contribution in [0.25, 0.3) is 0 Å². The molecule has 0 radical (unpaired) electrons. The standard InChI is InChI=1S/C9H15N5O3S2/c1-3-4-5-14-9(15)13(6-10-14)7-11-12-8(18-7)19(2,16)17/h10H,3-6H2,1-2H3. The molecule has 1 aliphatic rings. The van der Waals surface area contributed by atoms with Gasteiger partial charge in [0.25, 0.3) is 0 Å². The molecular formula is C9H15N5O3S2. The van der Waals surface area contributed by atoms with Crippen molar-refractivity contribution < 1.29 is 13.2 Å². The first kappa shape index (κ1) is 14.2. The molecule has 1 aromatic heterocycles. The van der Waals surface area contributed by atoms with Crippen LogP contribution in [0.3, 0.4) is 0 Å². The van der Waals surface area contributed by atoms with Crippen molar-refractivity contribution in [1.29, 1.82) is 0 Å². The van der Waals surface area contributed by atoms with Crippen LogP contribution >= 0.6 is 11.3 Å². The summed E-state index contributed by atoms with van der Waals surface area (Å²) in [5.74, 6) is 0. The number of sulfone groups is 1. The third kappa shape index (κ3) is 3.01. The predicted molar refractivity (Wildman–Crippen MR) is 70.5 cm³/mol. The monoisotopic (exact) mass is 305 g/mol. The van der Waals surface area contributed by atoms with Gasteiger partial charge in [-0.3, -0.25) is 9.91 Å². The number of urea groups is 1. The van der Waals surface area contributed by atoms with Crippen molar-refractivity contribution >= 4 is 32.3 Å². The number of carbonyl (C=O) groups excluding carboxylic acids is 1. The van der Waals surface area contributed by atoms with Gasteiger partial charge in [0.2, 0.25) is 19.3 Å². The van der Waals surface area contributed by atoms with E-state index in [9.17, 15) is 13.2 Å². The zero-order valence-corrected chi connectivity index (χ0v) is 12.3. The Labute approximate surface area is 115 Å². The van der Waals surface area contributed by atoms with E-state index in [4.69, 9.17) is 0 Å². The number of unbranched alkanes of at least 4 members (excludes halogenated alkanes) is 1. The maximum Gasteiger partial charge on any atom is 0.341 e. The summed E-state index contributed by atoms with van der Waals surface area (Å²) in [7, 11) is -3.38. The average Bonchev–Trinajstić information content (AvgIpc) is 2.92. The average molecular weight is 305 g/mol. The molecule has 0 aromatic carbocycles. The van der Waals surface area contributed by atoms with Crippen LogP contribution < -0.4 is 10.3 Å². The fourth-order valence-corrected chi connectivity index (χ4v) is 3.13. The van der Waals surface area contributed by atoms with Gasteiger partial charge in [-0.05, 0) is 6.42 Å². The van der Waals surface area contributed by atoms with Crippen molar-refractivity contribution in [3.63, 3.8) is 0 Å². The zero-order chi connectivity index (χ0) is 14.0. The summed E-state index contributed by atoms with van der Waals surface area (Å²) < 4.78 is 22.6. The maximum atomic E-state index is 12.0.